The van der Waals surface area contributed by atoms with Crippen LogP contribution < -0.4 is 0 Å². The van der Waals surface area contributed by atoms with E-state index in [1.54, 1.807) is 0 Å². The predicted octanol–water partition coefficient (Wildman–Crippen LogP) is 6.46. The summed E-state index contributed by atoms with van der Waals surface area (Å²) in [5.74, 6) is 0.137. The smallest absolute Gasteiger partial charge is 0.0929 e. The average Bonchev–Trinajstić information content (AvgIpc) is 2.89. The molecular weight excluding hydrogens is 426 g/mol. The van der Waals surface area contributed by atoms with Crippen molar-refractivity contribution < 1.29 is 14.2 Å². The van der Waals surface area contributed by atoms with E-state index >= 15 is 0 Å². The molecule has 0 amide bonds. The molecule has 0 bridgehead atoms. The van der Waals surface area contributed by atoms with Gasteiger partial charge in [-0.15, -0.1) is 0 Å². The van der Waals surface area contributed by atoms with Crippen molar-refractivity contribution in [2.24, 2.45) is 11.0 Å². The van der Waals surface area contributed by atoms with E-state index in [2.05, 4.69) is 34.3 Å². The van der Waals surface area contributed by atoms with Gasteiger partial charge in [-0.2, -0.15) is 0 Å². The maximum absolute atomic E-state index is 9.19. The second kappa shape index (κ2) is 12.9. The first kappa shape index (κ1) is 24.0. The Kier molecular flexibility index (Phi) is 9.12. The van der Waals surface area contributed by atoms with E-state index in [-0.39, 0.29) is 24.2 Å². The zero-order chi connectivity index (χ0) is 23.4. The molecule has 0 radical (unpaired) electrons. The topological polar surface area (TPSA) is 76.5 Å². The Hall–Kier alpha value is -3.15. The molecule has 3 aromatic carbocycles. The Morgan fingerprint density at radius 1 is 0.676 bits per heavy atom. The summed E-state index contributed by atoms with van der Waals surface area (Å²) >= 11 is 0. The highest BCUT2D eigenvalue weighted by Crippen LogP contribution is 2.33. The van der Waals surface area contributed by atoms with Crippen LogP contribution in [0.2, 0.25) is 0 Å². The predicted molar refractivity (Wildman–Crippen MR) is 132 cm³/mol. The van der Waals surface area contributed by atoms with Crippen molar-refractivity contribution in [1.82, 2.24) is 0 Å². The van der Waals surface area contributed by atoms with E-state index in [4.69, 9.17) is 14.2 Å². The summed E-state index contributed by atoms with van der Waals surface area (Å²) in [6, 6.07) is 30.0. The molecular formula is C28H31N3O3. The lowest BCUT2D eigenvalue weighted by Gasteiger charge is -2.41. The van der Waals surface area contributed by atoms with Crippen LogP contribution in [0.5, 0.6) is 0 Å². The fourth-order valence-electron chi connectivity index (χ4n) is 4.44. The van der Waals surface area contributed by atoms with Crippen LogP contribution in [0.4, 0.5) is 0 Å². The molecule has 0 aromatic heterocycles. The minimum absolute atomic E-state index is 0.137. The van der Waals surface area contributed by atoms with Crippen LogP contribution in [0.3, 0.4) is 0 Å². The molecule has 0 saturated heterocycles. The Morgan fingerprint density at radius 2 is 1.18 bits per heavy atom. The summed E-state index contributed by atoms with van der Waals surface area (Å²) in [6.07, 6.45) is 1.000. The highest BCUT2D eigenvalue weighted by molar-refractivity contribution is 5.15. The Bertz CT molecular complexity index is 1030. The van der Waals surface area contributed by atoms with E-state index in [0.29, 0.717) is 26.4 Å². The van der Waals surface area contributed by atoms with E-state index < -0.39 is 0 Å². The molecule has 0 spiro atoms. The lowest BCUT2D eigenvalue weighted by Crippen LogP contribution is -2.49. The van der Waals surface area contributed by atoms with Gasteiger partial charge >= 0.3 is 0 Å². The summed E-state index contributed by atoms with van der Waals surface area (Å²) in [6.45, 7) is 2.02. The number of azide groups is 1. The van der Waals surface area contributed by atoms with Crippen molar-refractivity contribution in [3.63, 3.8) is 0 Å². The number of hydrogen-bond donors (Lipinski definition) is 0. The fourth-order valence-corrected chi connectivity index (χ4v) is 4.44. The van der Waals surface area contributed by atoms with Crippen LogP contribution in [0.15, 0.2) is 96.1 Å². The molecule has 1 fully saturated rings. The third-order valence-electron chi connectivity index (χ3n) is 6.21. The highest BCUT2D eigenvalue weighted by atomic mass is 16.5. The van der Waals surface area contributed by atoms with Crippen LogP contribution in [-0.4, -0.2) is 24.9 Å². The molecule has 6 nitrogen and oxygen atoms in total. The minimum atomic E-state index is -0.348. The van der Waals surface area contributed by atoms with E-state index in [1.165, 1.54) is 0 Å². The summed E-state index contributed by atoms with van der Waals surface area (Å²) < 4.78 is 19.0. The largest absolute Gasteiger partial charge is 0.376 e. The molecule has 176 valence electrons. The van der Waals surface area contributed by atoms with Crippen molar-refractivity contribution in [2.75, 3.05) is 6.61 Å². The summed E-state index contributed by atoms with van der Waals surface area (Å²) in [7, 11) is 0. The van der Waals surface area contributed by atoms with Gasteiger partial charge in [0, 0.05) is 10.8 Å². The average molecular weight is 458 g/mol. The number of rotatable bonds is 11. The van der Waals surface area contributed by atoms with Gasteiger partial charge in [-0.25, -0.2) is 0 Å². The summed E-state index contributed by atoms with van der Waals surface area (Å²) in [5, 5.41) is 4.08. The fraction of sp³-hybridized carbons (Fsp3) is 0.357. The quantitative estimate of drug-likeness (QED) is 0.188. The van der Waals surface area contributed by atoms with Crippen molar-refractivity contribution in [2.45, 2.75) is 50.9 Å². The third-order valence-corrected chi connectivity index (χ3v) is 6.21. The molecule has 4 rings (SSSR count). The van der Waals surface area contributed by atoms with Crippen LogP contribution in [0.1, 0.15) is 29.5 Å². The van der Waals surface area contributed by atoms with Gasteiger partial charge in [-0.3, -0.25) is 0 Å². The molecule has 1 saturated carbocycles. The molecule has 3 aromatic rings. The second-order valence-electron chi connectivity index (χ2n) is 8.63. The zero-order valence-corrected chi connectivity index (χ0v) is 19.3. The SMILES string of the molecule is [N-]=[N+]=N[C@H]1CC[C@H](COCc2ccccc2)[C@H](OCc2ccccc2)[C@@H]1OCc1ccccc1. The Balaban J connectivity index is 1.48. The van der Waals surface area contributed by atoms with Crippen LogP contribution >= 0.6 is 0 Å². The third kappa shape index (κ3) is 6.92. The molecule has 0 unspecified atom stereocenters. The minimum Gasteiger partial charge on any atom is -0.376 e. The van der Waals surface area contributed by atoms with Gasteiger partial charge in [-0.1, -0.05) is 96.1 Å². The van der Waals surface area contributed by atoms with Gasteiger partial charge in [0.05, 0.1) is 44.7 Å². The number of ether oxygens (including phenoxy) is 3. The van der Waals surface area contributed by atoms with Gasteiger partial charge in [0.25, 0.3) is 0 Å². The maximum atomic E-state index is 9.19. The summed E-state index contributed by atoms with van der Waals surface area (Å²) in [4.78, 5) is 3.10. The van der Waals surface area contributed by atoms with Crippen molar-refractivity contribution in [1.29, 1.82) is 0 Å². The maximum Gasteiger partial charge on any atom is 0.0929 e. The van der Waals surface area contributed by atoms with Gasteiger partial charge in [0.1, 0.15) is 0 Å². The lowest BCUT2D eigenvalue weighted by molar-refractivity contribution is -0.147. The van der Waals surface area contributed by atoms with E-state index in [1.807, 2.05) is 66.7 Å². The first-order valence-electron chi connectivity index (χ1n) is 11.8. The van der Waals surface area contributed by atoms with Crippen molar-refractivity contribution in [3.8, 4) is 0 Å². The number of nitrogens with zero attached hydrogens (tertiary/aromatic N) is 3. The van der Waals surface area contributed by atoms with Gasteiger partial charge in [0.2, 0.25) is 0 Å². The van der Waals surface area contributed by atoms with Crippen LogP contribution in [-0.2, 0) is 34.0 Å². The molecule has 0 heterocycles. The molecule has 6 heteroatoms. The number of benzene rings is 3. The Morgan fingerprint density at radius 3 is 1.71 bits per heavy atom. The lowest BCUT2D eigenvalue weighted by atomic mass is 9.81. The van der Waals surface area contributed by atoms with Crippen molar-refractivity contribution in [3.05, 3.63) is 118 Å². The molecule has 34 heavy (non-hydrogen) atoms. The Labute approximate surface area is 201 Å². The van der Waals surface area contributed by atoms with E-state index in [0.717, 1.165) is 29.5 Å². The van der Waals surface area contributed by atoms with Gasteiger partial charge in [-0.05, 0) is 35.1 Å². The standard InChI is InChI=1S/C28H31N3O3/c29-31-30-26-17-16-25(21-32-18-22-10-4-1-5-11-22)27(33-19-23-12-6-2-7-13-23)28(26)34-20-24-14-8-3-9-15-24/h1-15,25-28H,16-21H2/t25-,26+,27+,28-/m1/s1. The summed E-state index contributed by atoms with van der Waals surface area (Å²) in [5.41, 5.74) is 12.5. The van der Waals surface area contributed by atoms with Gasteiger partial charge < -0.3 is 14.2 Å². The molecule has 0 N–H and O–H groups in total. The number of hydrogen-bond acceptors (Lipinski definition) is 4. The highest BCUT2D eigenvalue weighted by Gasteiger charge is 2.41. The molecule has 4 atom stereocenters. The van der Waals surface area contributed by atoms with Crippen LogP contribution in [0, 0.1) is 5.92 Å². The second-order valence-corrected chi connectivity index (χ2v) is 8.63. The first-order valence-corrected chi connectivity index (χ1v) is 11.8. The zero-order valence-electron chi connectivity index (χ0n) is 19.3. The van der Waals surface area contributed by atoms with E-state index in [9.17, 15) is 5.53 Å². The monoisotopic (exact) mass is 457 g/mol. The normalized spacial score (nSPS) is 22.1. The first-order chi connectivity index (χ1) is 16.8. The molecule has 1 aliphatic carbocycles. The molecule has 0 aliphatic heterocycles. The van der Waals surface area contributed by atoms with Gasteiger partial charge in [0.15, 0.2) is 0 Å². The molecule has 1 aliphatic rings. The van der Waals surface area contributed by atoms with Crippen molar-refractivity contribution >= 4 is 0 Å². The van der Waals surface area contributed by atoms with Crippen LogP contribution in [0.25, 0.3) is 10.4 Å².